The normalized spacial score (nSPS) is 15.4. The molecule has 0 bridgehead atoms. The molecule has 3 heteroatoms. The van der Waals surface area contributed by atoms with Crippen molar-refractivity contribution in [1.29, 1.82) is 0 Å². The molecule has 0 aliphatic rings. The fraction of sp³-hybridized carbons (Fsp3) is 0.500. The van der Waals surface area contributed by atoms with E-state index in [0.29, 0.717) is 0 Å². The molecule has 1 aromatic rings. The second-order valence-corrected chi connectivity index (χ2v) is 3.23. The molecule has 0 saturated carbocycles. The lowest BCUT2D eigenvalue weighted by Crippen LogP contribution is -2.25. The van der Waals surface area contributed by atoms with E-state index >= 15 is 0 Å². The van der Waals surface area contributed by atoms with Crippen molar-refractivity contribution in [3.8, 4) is 0 Å². The van der Waals surface area contributed by atoms with Gasteiger partial charge in [-0.15, -0.1) is 0 Å². The van der Waals surface area contributed by atoms with E-state index < -0.39 is 6.10 Å². The maximum absolute atomic E-state index is 9.74. The molecule has 13 heavy (non-hydrogen) atoms. The zero-order chi connectivity index (χ0) is 9.84. The monoisotopic (exact) mass is 180 g/mol. The third-order valence-corrected chi connectivity index (χ3v) is 2.14. The lowest BCUT2D eigenvalue weighted by atomic mass is 9.99. The van der Waals surface area contributed by atoms with Crippen LogP contribution in [0.15, 0.2) is 18.5 Å². The Morgan fingerprint density at radius 1 is 1.62 bits per heavy atom. The van der Waals surface area contributed by atoms with Crippen LogP contribution in [-0.2, 0) is 6.42 Å². The van der Waals surface area contributed by atoms with Gasteiger partial charge in [0.1, 0.15) is 0 Å². The Morgan fingerprint density at radius 3 is 2.85 bits per heavy atom. The van der Waals surface area contributed by atoms with Gasteiger partial charge in [-0.1, -0.05) is 6.92 Å². The van der Waals surface area contributed by atoms with Crippen molar-refractivity contribution in [2.75, 3.05) is 0 Å². The van der Waals surface area contributed by atoms with Gasteiger partial charge in [0.05, 0.1) is 6.10 Å². The fourth-order valence-corrected chi connectivity index (χ4v) is 1.31. The SMILES string of the molecule is CCc1ccncc1C(O)C(C)N. The molecule has 3 N–H and O–H groups in total. The Bertz CT molecular complexity index is 273. The Kier molecular flexibility index (Phi) is 3.39. The molecule has 1 rings (SSSR count). The molecule has 1 aromatic heterocycles. The molecule has 2 unspecified atom stereocenters. The van der Waals surface area contributed by atoms with Crippen molar-refractivity contribution < 1.29 is 5.11 Å². The van der Waals surface area contributed by atoms with Gasteiger partial charge in [-0.2, -0.15) is 0 Å². The predicted molar refractivity (Wildman–Crippen MR) is 52.2 cm³/mol. The summed E-state index contributed by atoms with van der Waals surface area (Å²) in [6, 6.07) is 1.66. The molecular weight excluding hydrogens is 164 g/mol. The summed E-state index contributed by atoms with van der Waals surface area (Å²) in [4.78, 5) is 3.98. The summed E-state index contributed by atoms with van der Waals surface area (Å²) in [7, 11) is 0. The van der Waals surface area contributed by atoms with Gasteiger partial charge in [0.15, 0.2) is 0 Å². The standard InChI is InChI=1S/C10H16N2O/c1-3-8-4-5-12-6-9(8)10(13)7(2)11/h4-7,10,13H,3,11H2,1-2H3. The van der Waals surface area contributed by atoms with Crippen LogP contribution in [0.1, 0.15) is 31.1 Å². The lowest BCUT2D eigenvalue weighted by molar-refractivity contribution is 0.152. The summed E-state index contributed by atoms with van der Waals surface area (Å²) in [5.74, 6) is 0. The van der Waals surface area contributed by atoms with Crippen molar-refractivity contribution in [1.82, 2.24) is 4.98 Å². The Morgan fingerprint density at radius 2 is 2.31 bits per heavy atom. The third kappa shape index (κ3) is 2.26. The summed E-state index contributed by atoms with van der Waals surface area (Å²) < 4.78 is 0. The first kappa shape index (κ1) is 10.2. The molecule has 0 saturated heterocycles. The molecule has 0 fully saturated rings. The number of rotatable bonds is 3. The zero-order valence-electron chi connectivity index (χ0n) is 8.07. The van der Waals surface area contributed by atoms with Crippen LogP contribution in [0.2, 0.25) is 0 Å². The van der Waals surface area contributed by atoms with Gasteiger partial charge >= 0.3 is 0 Å². The highest BCUT2D eigenvalue weighted by atomic mass is 16.3. The minimum Gasteiger partial charge on any atom is -0.387 e. The summed E-state index contributed by atoms with van der Waals surface area (Å²) >= 11 is 0. The molecule has 0 spiro atoms. The first-order chi connectivity index (χ1) is 6.16. The Balaban J connectivity index is 2.98. The van der Waals surface area contributed by atoms with Crippen LogP contribution in [0.3, 0.4) is 0 Å². The van der Waals surface area contributed by atoms with E-state index in [1.165, 1.54) is 0 Å². The number of pyridine rings is 1. The van der Waals surface area contributed by atoms with Gasteiger partial charge in [0.2, 0.25) is 0 Å². The van der Waals surface area contributed by atoms with E-state index in [1.54, 1.807) is 19.3 Å². The van der Waals surface area contributed by atoms with Crippen LogP contribution in [0.5, 0.6) is 0 Å². The van der Waals surface area contributed by atoms with E-state index in [-0.39, 0.29) is 6.04 Å². The average molecular weight is 180 g/mol. The smallest absolute Gasteiger partial charge is 0.0955 e. The van der Waals surface area contributed by atoms with Crippen LogP contribution in [0.4, 0.5) is 0 Å². The van der Waals surface area contributed by atoms with Crippen molar-refractivity contribution in [3.63, 3.8) is 0 Å². The highest BCUT2D eigenvalue weighted by molar-refractivity contribution is 5.26. The quantitative estimate of drug-likeness (QED) is 0.730. The maximum atomic E-state index is 9.74. The van der Waals surface area contributed by atoms with Gasteiger partial charge in [-0.05, 0) is 25.0 Å². The van der Waals surface area contributed by atoms with Crippen molar-refractivity contribution >= 4 is 0 Å². The number of nitrogens with two attached hydrogens (primary N) is 1. The van der Waals surface area contributed by atoms with E-state index in [0.717, 1.165) is 17.5 Å². The van der Waals surface area contributed by atoms with E-state index in [2.05, 4.69) is 4.98 Å². The highest BCUT2D eigenvalue weighted by Gasteiger charge is 2.15. The molecule has 0 aromatic carbocycles. The van der Waals surface area contributed by atoms with E-state index in [9.17, 15) is 5.11 Å². The minimum atomic E-state index is -0.608. The van der Waals surface area contributed by atoms with Gasteiger partial charge in [-0.25, -0.2) is 0 Å². The topological polar surface area (TPSA) is 59.1 Å². The van der Waals surface area contributed by atoms with Crippen molar-refractivity contribution in [2.24, 2.45) is 5.73 Å². The third-order valence-electron chi connectivity index (χ3n) is 2.14. The van der Waals surface area contributed by atoms with E-state index in [1.807, 2.05) is 13.0 Å². The number of aromatic nitrogens is 1. The summed E-state index contributed by atoms with van der Waals surface area (Å²) in [5.41, 5.74) is 7.57. The number of hydrogen-bond donors (Lipinski definition) is 2. The van der Waals surface area contributed by atoms with Gasteiger partial charge in [-0.3, -0.25) is 4.98 Å². The lowest BCUT2D eigenvalue weighted by Gasteiger charge is -2.17. The van der Waals surface area contributed by atoms with Crippen LogP contribution in [0, 0.1) is 0 Å². The van der Waals surface area contributed by atoms with Crippen molar-refractivity contribution in [3.05, 3.63) is 29.6 Å². The predicted octanol–water partition coefficient (Wildman–Crippen LogP) is 1.02. The Hall–Kier alpha value is -0.930. The molecule has 0 radical (unpaired) electrons. The Labute approximate surface area is 78.6 Å². The maximum Gasteiger partial charge on any atom is 0.0955 e. The van der Waals surface area contributed by atoms with E-state index in [4.69, 9.17) is 5.73 Å². The molecular formula is C10H16N2O. The molecule has 0 aliphatic carbocycles. The van der Waals surface area contributed by atoms with Crippen LogP contribution < -0.4 is 5.73 Å². The number of aliphatic hydroxyl groups is 1. The summed E-state index contributed by atoms with van der Waals surface area (Å²) in [5, 5.41) is 9.74. The van der Waals surface area contributed by atoms with Crippen LogP contribution in [0.25, 0.3) is 0 Å². The second-order valence-electron chi connectivity index (χ2n) is 3.23. The molecule has 0 aliphatic heterocycles. The number of aliphatic hydroxyl groups excluding tert-OH is 1. The van der Waals surface area contributed by atoms with Gasteiger partial charge in [0.25, 0.3) is 0 Å². The fourth-order valence-electron chi connectivity index (χ4n) is 1.31. The molecule has 2 atom stereocenters. The number of hydrogen-bond acceptors (Lipinski definition) is 3. The number of aryl methyl sites for hydroxylation is 1. The first-order valence-electron chi connectivity index (χ1n) is 4.53. The zero-order valence-corrected chi connectivity index (χ0v) is 8.07. The average Bonchev–Trinajstić information content (AvgIpc) is 2.16. The summed E-state index contributed by atoms with van der Waals surface area (Å²) in [6.07, 6.45) is 3.70. The molecule has 72 valence electrons. The molecule has 1 heterocycles. The summed E-state index contributed by atoms with van der Waals surface area (Å²) in [6.45, 7) is 3.84. The molecule has 3 nitrogen and oxygen atoms in total. The minimum absolute atomic E-state index is 0.255. The largest absolute Gasteiger partial charge is 0.387 e. The van der Waals surface area contributed by atoms with Gasteiger partial charge in [0, 0.05) is 24.0 Å². The second kappa shape index (κ2) is 4.35. The number of nitrogens with zero attached hydrogens (tertiary/aromatic N) is 1. The van der Waals surface area contributed by atoms with Crippen LogP contribution >= 0.6 is 0 Å². The van der Waals surface area contributed by atoms with Gasteiger partial charge < -0.3 is 10.8 Å². The van der Waals surface area contributed by atoms with Crippen LogP contribution in [-0.4, -0.2) is 16.1 Å². The first-order valence-corrected chi connectivity index (χ1v) is 4.53. The van der Waals surface area contributed by atoms with Crippen molar-refractivity contribution in [2.45, 2.75) is 32.4 Å². The highest BCUT2D eigenvalue weighted by Crippen LogP contribution is 2.19. The molecule has 0 amide bonds.